The van der Waals surface area contributed by atoms with Crippen LogP contribution in [0.3, 0.4) is 0 Å². The van der Waals surface area contributed by atoms with Crippen LogP contribution in [-0.4, -0.2) is 34.4 Å². The van der Waals surface area contributed by atoms with E-state index in [9.17, 15) is 8.42 Å². The van der Waals surface area contributed by atoms with Gasteiger partial charge in [-0.25, -0.2) is 18.4 Å². The average molecular weight is 359 g/mol. The van der Waals surface area contributed by atoms with Gasteiger partial charge in [-0.15, -0.1) is 0 Å². The zero-order valence-corrected chi connectivity index (χ0v) is 15.1. The first-order valence-corrected chi connectivity index (χ1v) is 10.3. The number of rotatable bonds is 4. The molecule has 0 saturated heterocycles. The summed E-state index contributed by atoms with van der Waals surface area (Å²) in [6.07, 6.45) is 12.8. The van der Waals surface area contributed by atoms with Gasteiger partial charge in [0, 0.05) is 19.5 Å². The highest BCUT2D eigenvalue weighted by Gasteiger charge is 2.31. The van der Waals surface area contributed by atoms with Crippen molar-refractivity contribution in [3.63, 3.8) is 0 Å². The lowest BCUT2D eigenvalue weighted by molar-refractivity contribution is 0.527. The molecule has 132 valence electrons. The monoisotopic (exact) mass is 359 g/mol. The van der Waals surface area contributed by atoms with E-state index in [2.05, 4.69) is 26.5 Å². The average Bonchev–Trinajstić information content (AvgIpc) is 3.11. The first kappa shape index (κ1) is 16.3. The van der Waals surface area contributed by atoms with E-state index >= 15 is 0 Å². The number of nitrogens with one attached hydrogen (secondary N) is 1. The minimum Gasteiger partial charge on any atom is -0.321 e. The Balaban J connectivity index is 1.75. The molecule has 2 aromatic rings. The quantitative estimate of drug-likeness (QED) is 0.902. The molecular formula is C17H21N5O2S. The molecule has 2 atom stereocenters. The standard InChI is InChI=1S/C17H21N5O2S/c1-22-10-14(8-19-22)20-17-18-9-15(25(2,23)24)16(21-17)13-6-11-3-4-12(5-11)7-13/h6,8-12H,3-5,7H2,1-2H3,(H,18,20,21). The predicted octanol–water partition coefficient (Wildman–Crippen LogP) is 2.56. The molecule has 7 nitrogen and oxygen atoms in total. The topological polar surface area (TPSA) is 89.8 Å². The van der Waals surface area contributed by atoms with Gasteiger partial charge in [-0.2, -0.15) is 5.10 Å². The third-order valence-electron chi connectivity index (χ3n) is 4.95. The summed E-state index contributed by atoms with van der Waals surface area (Å²) < 4.78 is 26.1. The molecule has 8 heteroatoms. The summed E-state index contributed by atoms with van der Waals surface area (Å²) in [5, 5.41) is 7.19. The third kappa shape index (κ3) is 3.30. The first-order valence-electron chi connectivity index (χ1n) is 8.42. The second-order valence-corrected chi connectivity index (χ2v) is 9.03. The van der Waals surface area contributed by atoms with Crippen LogP contribution in [0.1, 0.15) is 31.4 Å². The lowest BCUT2D eigenvalue weighted by atomic mass is 9.88. The Morgan fingerprint density at radius 3 is 2.80 bits per heavy atom. The van der Waals surface area contributed by atoms with Crippen molar-refractivity contribution in [2.75, 3.05) is 11.6 Å². The molecule has 2 bridgehead atoms. The molecule has 0 aromatic carbocycles. The molecule has 0 aliphatic heterocycles. The Morgan fingerprint density at radius 2 is 2.12 bits per heavy atom. The zero-order valence-electron chi connectivity index (χ0n) is 14.3. The Morgan fingerprint density at radius 1 is 1.28 bits per heavy atom. The van der Waals surface area contributed by atoms with Crippen molar-refractivity contribution in [3.8, 4) is 0 Å². The van der Waals surface area contributed by atoms with E-state index in [1.165, 1.54) is 31.7 Å². The molecule has 25 heavy (non-hydrogen) atoms. The van der Waals surface area contributed by atoms with E-state index in [0.29, 0.717) is 23.5 Å². The summed E-state index contributed by atoms with van der Waals surface area (Å²) >= 11 is 0. The second kappa shape index (κ2) is 5.94. The Hall–Kier alpha value is -2.22. The van der Waals surface area contributed by atoms with Crippen LogP contribution in [0.4, 0.5) is 11.6 Å². The largest absolute Gasteiger partial charge is 0.321 e. The smallest absolute Gasteiger partial charge is 0.227 e. The number of hydrogen-bond donors (Lipinski definition) is 1. The van der Waals surface area contributed by atoms with Gasteiger partial charge >= 0.3 is 0 Å². The third-order valence-corrected chi connectivity index (χ3v) is 6.04. The van der Waals surface area contributed by atoms with Crippen LogP contribution in [0.5, 0.6) is 0 Å². The fourth-order valence-corrected chi connectivity index (χ4v) is 4.61. The molecule has 2 aliphatic carbocycles. The van der Waals surface area contributed by atoms with Gasteiger partial charge in [0.15, 0.2) is 9.84 Å². The molecule has 0 amide bonds. The van der Waals surface area contributed by atoms with Crippen LogP contribution in [0, 0.1) is 11.8 Å². The number of aromatic nitrogens is 4. The highest BCUT2D eigenvalue weighted by atomic mass is 32.2. The van der Waals surface area contributed by atoms with Crippen LogP contribution in [0.15, 0.2) is 29.6 Å². The van der Waals surface area contributed by atoms with Gasteiger partial charge in [-0.1, -0.05) is 6.08 Å². The maximum Gasteiger partial charge on any atom is 0.227 e. The Bertz CT molecular complexity index is 948. The van der Waals surface area contributed by atoms with E-state index in [-0.39, 0.29) is 4.90 Å². The molecule has 2 heterocycles. The van der Waals surface area contributed by atoms with Gasteiger partial charge in [0.2, 0.25) is 5.95 Å². The van der Waals surface area contributed by atoms with E-state index in [1.807, 2.05) is 13.2 Å². The summed E-state index contributed by atoms with van der Waals surface area (Å²) in [7, 11) is -1.57. The highest BCUT2D eigenvalue weighted by Crippen LogP contribution is 2.44. The number of sulfone groups is 1. The maximum atomic E-state index is 12.2. The number of aryl methyl sites for hydroxylation is 1. The molecule has 0 radical (unpaired) electrons. The van der Waals surface area contributed by atoms with E-state index < -0.39 is 9.84 Å². The van der Waals surface area contributed by atoms with Gasteiger partial charge in [-0.3, -0.25) is 4.68 Å². The predicted molar refractivity (Wildman–Crippen MR) is 95.1 cm³/mol. The van der Waals surface area contributed by atoms with Crippen molar-refractivity contribution in [2.24, 2.45) is 18.9 Å². The molecule has 4 rings (SSSR count). The van der Waals surface area contributed by atoms with Crippen molar-refractivity contribution >= 4 is 27.0 Å². The fraction of sp³-hybridized carbons (Fsp3) is 0.471. The van der Waals surface area contributed by atoms with Crippen LogP contribution in [-0.2, 0) is 16.9 Å². The summed E-state index contributed by atoms with van der Waals surface area (Å²) in [6, 6.07) is 0. The van der Waals surface area contributed by atoms with Crippen LogP contribution >= 0.6 is 0 Å². The molecule has 2 aliphatic rings. The summed E-state index contributed by atoms with van der Waals surface area (Å²) in [6.45, 7) is 0. The van der Waals surface area contributed by atoms with Crippen LogP contribution < -0.4 is 5.32 Å². The Labute approximate surface area is 147 Å². The van der Waals surface area contributed by atoms with Gasteiger partial charge < -0.3 is 5.32 Å². The van der Waals surface area contributed by atoms with Gasteiger partial charge in [-0.05, 0) is 43.1 Å². The zero-order chi connectivity index (χ0) is 17.6. The van der Waals surface area contributed by atoms with E-state index in [1.54, 1.807) is 10.9 Å². The van der Waals surface area contributed by atoms with Crippen molar-refractivity contribution in [3.05, 3.63) is 30.4 Å². The number of nitrogens with zero attached hydrogens (tertiary/aromatic N) is 4. The number of anilines is 2. The minimum atomic E-state index is -3.39. The van der Waals surface area contributed by atoms with E-state index in [4.69, 9.17) is 0 Å². The minimum absolute atomic E-state index is 0.205. The van der Waals surface area contributed by atoms with Gasteiger partial charge in [0.1, 0.15) is 4.90 Å². The number of hydrogen-bond acceptors (Lipinski definition) is 6. The van der Waals surface area contributed by atoms with Crippen molar-refractivity contribution in [2.45, 2.75) is 30.6 Å². The summed E-state index contributed by atoms with van der Waals surface area (Å²) in [5.41, 5.74) is 2.34. The summed E-state index contributed by atoms with van der Waals surface area (Å²) in [5.74, 6) is 1.57. The second-order valence-electron chi connectivity index (χ2n) is 7.04. The van der Waals surface area contributed by atoms with E-state index in [0.717, 1.165) is 17.7 Å². The van der Waals surface area contributed by atoms with Crippen molar-refractivity contribution < 1.29 is 8.42 Å². The van der Waals surface area contributed by atoms with Crippen molar-refractivity contribution in [1.29, 1.82) is 0 Å². The van der Waals surface area contributed by atoms with Crippen molar-refractivity contribution in [1.82, 2.24) is 19.7 Å². The lowest BCUT2D eigenvalue weighted by Crippen LogP contribution is -2.12. The SMILES string of the molecule is Cn1cc(Nc2ncc(S(C)(=O)=O)c(C3=CC4CCC(C3)C4)n2)cn1. The molecule has 2 unspecified atom stereocenters. The van der Waals surface area contributed by atoms with Crippen LogP contribution in [0.25, 0.3) is 5.57 Å². The molecular weight excluding hydrogens is 338 g/mol. The highest BCUT2D eigenvalue weighted by molar-refractivity contribution is 7.90. The molecule has 1 N–H and O–H groups in total. The van der Waals surface area contributed by atoms with Gasteiger partial charge in [0.05, 0.1) is 23.8 Å². The summed E-state index contributed by atoms with van der Waals surface area (Å²) in [4.78, 5) is 8.96. The molecule has 2 aromatic heterocycles. The molecule has 1 fully saturated rings. The first-order chi connectivity index (χ1) is 11.9. The number of allylic oxidation sites excluding steroid dienone is 2. The maximum absolute atomic E-state index is 12.2. The molecule has 1 saturated carbocycles. The van der Waals surface area contributed by atoms with Crippen LogP contribution in [0.2, 0.25) is 0 Å². The fourth-order valence-electron chi connectivity index (χ4n) is 3.84. The normalized spacial score (nSPS) is 22.7. The number of fused-ring (bicyclic) bond motifs is 2. The molecule has 0 spiro atoms. The van der Waals surface area contributed by atoms with Gasteiger partial charge in [0.25, 0.3) is 0 Å². The lowest BCUT2D eigenvalue weighted by Gasteiger charge is -2.20. The Kier molecular flexibility index (Phi) is 3.87.